The maximum absolute atomic E-state index is 12.1. The number of anilines is 2. The molecule has 0 aliphatic carbocycles. The molecule has 21 heavy (non-hydrogen) atoms. The van der Waals surface area contributed by atoms with Gasteiger partial charge < -0.3 is 11.1 Å². The van der Waals surface area contributed by atoms with Gasteiger partial charge in [-0.25, -0.2) is 4.79 Å². The summed E-state index contributed by atoms with van der Waals surface area (Å²) in [6.07, 6.45) is 0. The summed E-state index contributed by atoms with van der Waals surface area (Å²) in [5, 5.41) is 2.68. The molecule has 0 atom stereocenters. The molecular weight excluding hydrogens is 336 g/mol. The van der Waals surface area contributed by atoms with Crippen LogP contribution in [0, 0.1) is 13.8 Å². The number of halogens is 1. The number of nitrogens with one attached hydrogen (secondary N) is 1. The average Bonchev–Trinajstić information content (AvgIpc) is 2.44. The third-order valence-electron chi connectivity index (χ3n) is 3.07. The van der Waals surface area contributed by atoms with Gasteiger partial charge in [0.25, 0.3) is 0 Å². The van der Waals surface area contributed by atoms with Crippen LogP contribution in [0.1, 0.15) is 11.4 Å². The summed E-state index contributed by atoms with van der Waals surface area (Å²) < 4.78 is 2.03. The maximum atomic E-state index is 12.1. The molecule has 0 fully saturated rings. The number of nitrogens with two attached hydrogens (primary N) is 1. The Morgan fingerprint density at radius 2 is 2.05 bits per heavy atom. The van der Waals surface area contributed by atoms with E-state index in [1.807, 2.05) is 0 Å². The van der Waals surface area contributed by atoms with Crippen molar-refractivity contribution < 1.29 is 4.79 Å². The highest BCUT2D eigenvalue weighted by atomic mass is 79.9. The third-order valence-corrected chi connectivity index (χ3v) is 4.22. The van der Waals surface area contributed by atoms with Gasteiger partial charge in [0, 0.05) is 5.69 Å². The number of carbonyl (C=O) groups excluding carboxylic acids is 1. The number of nitrogen functional groups attached to an aromatic ring is 1. The molecule has 0 spiro atoms. The van der Waals surface area contributed by atoms with E-state index in [-0.39, 0.29) is 12.5 Å². The SMILES string of the molecule is Cc1nc(=O)n(CC(=O)Nc2ccccc2N)c(C)c1Br. The first kappa shape index (κ1) is 15.2. The van der Waals surface area contributed by atoms with Crippen LogP contribution in [0.3, 0.4) is 0 Å². The van der Waals surface area contributed by atoms with Crippen LogP contribution in [0.2, 0.25) is 0 Å². The summed E-state index contributed by atoms with van der Waals surface area (Å²) in [7, 11) is 0. The lowest BCUT2D eigenvalue weighted by Crippen LogP contribution is -2.31. The lowest BCUT2D eigenvalue weighted by Gasteiger charge is -2.13. The largest absolute Gasteiger partial charge is 0.397 e. The number of carbonyl (C=O) groups is 1. The Bertz CT molecular complexity index is 755. The zero-order valence-electron chi connectivity index (χ0n) is 11.7. The van der Waals surface area contributed by atoms with Gasteiger partial charge in [0.1, 0.15) is 6.54 Å². The molecule has 0 aliphatic heterocycles. The molecule has 1 aromatic carbocycles. The van der Waals surface area contributed by atoms with Gasteiger partial charge in [0.2, 0.25) is 5.91 Å². The second-order valence-corrected chi connectivity index (χ2v) is 5.39. The quantitative estimate of drug-likeness (QED) is 0.826. The molecule has 1 amide bonds. The van der Waals surface area contributed by atoms with Crippen molar-refractivity contribution in [3.63, 3.8) is 0 Å². The van der Waals surface area contributed by atoms with E-state index in [0.717, 1.165) is 0 Å². The molecule has 1 aromatic heterocycles. The molecule has 1 heterocycles. The minimum absolute atomic E-state index is 0.120. The highest BCUT2D eigenvalue weighted by Gasteiger charge is 2.13. The van der Waals surface area contributed by atoms with Gasteiger partial charge in [0.05, 0.1) is 21.5 Å². The van der Waals surface area contributed by atoms with Gasteiger partial charge in [-0.05, 0) is 41.9 Å². The van der Waals surface area contributed by atoms with Crippen LogP contribution in [-0.2, 0) is 11.3 Å². The summed E-state index contributed by atoms with van der Waals surface area (Å²) >= 11 is 3.36. The number of rotatable bonds is 3. The first-order valence-corrected chi connectivity index (χ1v) is 7.07. The monoisotopic (exact) mass is 350 g/mol. The number of para-hydroxylation sites is 2. The van der Waals surface area contributed by atoms with Crippen LogP contribution in [0.25, 0.3) is 0 Å². The fourth-order valence-corrected chi connectivity index (χ4v) is 2.21. The molecular formula is C14H15BrN4O2. The number of nitrogens with zero attached hydrogens (tertiary/aromatic N) is 2. The highest BCUT2D eigenvalue weighted by Crippen LogP contribution is 2.18. The average molecular weight is 351 g/mol. The molecule has 0 saturated heterocycles. The Balaban J connectivity index is 2.23. The van der Waals surface area contributed by atoms with Crippen LogP contribution in [0.4, 0.5) is 11.4 Å². The molecule has 6 nitrogen and oxygen atoms in total. The fraction of sp³-hybridized carbons (Fsp3) is 0.214. The summed E-state index contributed by atoms with van der Waals surface area (Å²) in [4.78, 5) is 27.8. The molecule has 110 valence electrons. The molecule has 3 N–H and O–H groups in total. The van der Waals surface area contributed by atoms with Gasteiger partial charge in [-0.1, -0.05) is 12.1 Å². The fourth-order valence-electron chi connectivity index (χ4n) is 1.91. The Morgan fingerprint density at radius 3 is 2.71 bits per heavy atom. The van der Waals surface area contributed by atoms with Crippen molar-refractivity contribution in [1.82, 2.24) is 9.55 Å². The van der Waals surface area contributed by atoms with Crippen molar-refractivity contribution in [3.8, 4) is 0 Å². The summed E-state index contributed by atoms with van der Waals surface area (Å²) in [5.74, 6) is -0.337. The highest BCUT2D eigenvalue weighted by molar-refractivity contribution is 9.10. The first-order valence-electron chi connectivity index (χ1n) is 6.28. The first-order chi connectivity index (χ1) is 9.90. The van der Waals surface area contributed by atoms with E-state index in [1.165, 1.54) is 4.57 Å². The van der Waals surface area contributed by atoms with Gasteiger partial charge in [0.15, 0.2) is 0 Å². The van der Waals surface area contributed by atoms with E-state index >= 15 is 0 Å². The molecule has 2 rings (SSSR count). The molecule has 0 bridgehead atoms. The van der Waals surface area contributed by atoms with Crippen LogP contribution < -0.4 is 16.7 Å². The number of amides is 1. The minimum Gasteiger partial charge on any atom is -0.397 e. The number of benzene rings is 1. The summed E-state index contributed by atoms with van der Waals surface area (Å²) in [6, 6.07) is 6.94. The van der Waals surface area contributed by atoms with Crippen molar-refractivity contribution in [2.24, 2.45) is 0 Å². The Morgan fingerprint density at radius 1 is 1.38 bits per heavy atom. The van der Waals surface area contributed by atoms with E-state index in [2.05, 4.69) is 26.2 Å². The topological polar surface area (TPSA) is 90.0 Å². The smallest absolute Gasteiger partial charge is 0.348 e. The molecule has 7 heteroatoms. The van der Waals surface area contributed by atoms with E-state index in [0.29, 0.717) is 27.2 Å². The maximum Gasteiger partial charge on any atom is 0.348 e. The standard InChI is InChI=1S/C14H15BrN4O2/c1-8-13(15)9(2)19(14(21)17-8)7-12(20)18-11-6-4-3-5-10(11)16/h3-6H,7,16H2,1-2H3,(H,18,20). The second kappa shape index (κ2) is 6.09. The second-order valence-electron chi connectivity index (χ2n) is 4.60. The molecule has 0 saturated carbocycles. The molecule has 0 unspecified atom stereocenters. The van der Waals surface area contributed by atoms with Crippen LogP contribution >= 0.6 is 15.9 Å². The number of aryl methyl sites for hydroxylation is 1. The van der Waals surface area contributed by atoms with Crippen molar-refractivity contribution in [3.05, 3.63) is 50.6 Å². The Hall–Kier alpha value is -2.15. The van der Waals surface area contributed by atoms with Crippen LogP contribution in [0.15, 0.2) is 33.5 Å². The van der Waals surface area contributed by atoms with Crippen LogP contribution in [-0.4, -0.2) is 15.5 Å². The predicted molar refractivity (Wildman–Crippen MR) is 85.2 cm³/mol. The minimum atomic E-state index is -0.454. The predicted octanol–water partition coefficient (Wildman–Crippen LogP) is 1.84. The van der Waals surface area contributed by atoms with E-state index in [9.17, 15) is 9.59 Å². The van der Waals surface area contributed by atoms with Crippen molar-refractivity contribution in [2.45, 2.75) is 20.4 Å². The van der Waals surface area contributed by atoms with Gasteiger partial charge in [-0.2, -0.15) is 4.98 Å². The lowest BCUT2D eigenvalue weighted by molar-refractivity contribution is -0.116. The molecule has 0 aliphatic rings. The summed E-state index contributed by atoms with van der Waals surface area (Å²) in [6.45, 7) is 3.36. The van der Waals surface area contributed by atoms with Gasteiger partial charge in [-0.15, -0.1) is 0 Å². The van der Waals surface area contributed by atoms with E-state index in [4.69, 9.17) is 5.73 Å². The summed E-state index contributed by atoms with van der Waals surface area (Å²) in [5.41, 5.74) is 7.55. The van der Waals surface area contributed by atoms with E-state index < -0.39 is 5.69 Å². The van der Waals surface area contributed by atoms with Crippen molar-refractivity contribution >= 4 is 33.2 Å². The molecule has 0 radical (unpaired) electrons. The van der Waals surface area contributed by atoms with Crippen molar-refractivity contribution in [2.75, 3.05) is 11.1 Å². The Kier molecular flexibility index (Phi) is 4.42. The molecule has 2 aromatic rings. The van der Waals surface area contributed by atoms with Gasteiger partial charge in [-0.3, -0.25) is 9.36 Å². The number of aromatic nitrogens is 2. The zero-order valence-corrected chi connectivity index (χ0v) is 13.3. The van der Waals surface area contributed by atoms with E-state index in [1.54, 1.807) is 38.1 Å². The van der Waals surface area contributed by atoms with Gasteiger partial charge >= 0.3 is 5.69 Å². The van der Waals surface area contributed by atoms with Crippen molar-refractivity contribution in [1.29, 1.82) is 0 Å². The zero-order chi connectivity index (χ0) is 15.6. The normalized spacial score (nSPS) is 10.4. The number of hydrogen-bond acceptors (Lipinski definition) is 4. The Labute approximate surface area is 130 Å². The third kappa shape index (κ3) is 3.30. The number of hydrogen-bond donors (Lipinski definition) is 2. The lowest BCUT2D eigenvalue weighted by atomic mass is 10.2. The van der Waals surface area contributed by atoms with Crippen LogP contribution in [0.5, 0.6) is 0 Å².